The first-order valence-corrected chi connectivity index (χ1v) is 18.8. The highest BCUT2D eigenvalue weighted by Gasteiger charge is 2.51. The van der Waals surface area contributed by atoms with E-state index in [0.29, 0.717) is 17.5 Å². The molecule has 0 radical (unpaired) electrons. The van der Waals surface area contributed by atoms with Gasteiger partial charge in [0, 0.05) is 50.2 Å². The van der Waals surface area contributed by atoms with Gasteiger partial charge in [-0.3, -0.25) is 4.98 Å². The zero-order valence-corrected chi connectivity index (χ0v) is 31.2. The number of aromatic nitrogens is 4. The summed E-state index contributed by atoms with van der Waals surface area (Å²) in [6.45, 7) is 8.66. The molecule has 10 rings (SSSR count). The molecule has 1 spiro atoms. The topological polar surface area (TPSA) is 60.8 Å². The van der Waals surface area contributed by atoms with Crippen molar-refractivity contribution >= 4 is 0 Å². The Morgan fingerprint density at radius 2 is 0.927 bits per heavy atom. The van der Waals surface area contributed by atoms with E-state index < -0.39 is 5.41 Å². The van der Waals surface area contributed by atoms with Crippen LogP contribution in [0.2, 0.25) is 0 Å². The van der Waals surface area contributed by atoms with Gasteiger partial charge in [-0.1, -0.05) is 148 Å². The van der Waals surface area contributed by atoms with Gasteiger partial charge in [0.1, 0.15) is 11.5 Å². The lowest BCUT2D eigenvalue weighted by atomic mass is 9.66. The van der Waals surface area contributed by atoms with Crippen LogP contribution in [0.4, 0.5) is 0 Å². The van der Waals surface area contributed by atoms with Crippen LogP contribution < -0.4 is 4.74 Å². The molecule has 1 aliphatic carbocycles. The van der Waals surface area contributed by atoms with Crippen molar-refractivity contribution < 1.29 is 4.74 Å². The number of pyridine rings is 1. The summed E-state index contributed by atoms with van der Waals surface area (Å²) in [5.74, 6) is 3.51. The predicted molar refractivity (Wildman–Crippen MR) is 220 cm³/mol. The SMILES string of the molecule is Cc1nc(C(C)(C)C)ccc1-c1ccc(-c2nc(-c3ccccc3)nc(-c3ccc4c(c3)C3(c5ccccc5O4)c4ccccc4-c4ccccc43)n2)cc1. The summed E-state index contributed by atoms with van der Waals surface area (Å²) in [4.78, 5) is 20.3. The van der Waals surface area contributed by atoms with Crippen LogP contribution in [0.5, 0.6) is 11.5 Å². The third-order valence-corrected chi connectivity index (χ3v) is 11.1. The van der Waals surface area contributed by atoms with Crippen molar-refractivity contribution in [3.8, 4) is 67.9 Å². The van der Waals surface area contributed by atoms with Crippen LogP contribution in [0.3, 0.4) is 0 Å². The van der Waals surface area contributed by atoms with Gasteiger partial charge in [-0.25, -0.2) is 15.0 Å². The molecule has 55 heavy (non-hydrogen) atoms. The molecular weight excluding hydrogens is 673 g/mol. The number of rotatable bonds is 4. The van der Waals surface area contributed by atoms with Gasteiger partial charge in [-0.05, 0) is 65.1 Å². The second-order valence-electron chi connectivity index (χ2n) is 15.5. The van der Waals surface area contributed by atoms with Gasteiger partial charge in [0.25, 0.3) is 0 Å². The Hall–Kier alpha value is -6.72. The number of hydrogen-bond donors (Lipinski definition) is 0. The Morgan fingerprint density at radius 3 is 1.56 bits per heavy atom. The van der Waals surface area contributed by atoms with Gasteiger partial charge in [-0.2, -0.15) is 0 Å². The van der Waals surface area contributed by atoms with Crippen molar-refractivity contribution in [2.75, 3.05) is 0 Å². The summed E-state index contributed by atoms with van der Waals surface area (Å²) in [7, 11) is 0. The van der Waals surface area contributed by atoms with E-state index in [-0.39, 0.29) is 5.41 Å². The lowest BCUT2D eigenvalue weighted by Gasteiger charge is -2.39. The largest absolute Gasteiger partial charge is 0.457 e. The molecule has 0 saturated heterocycles. The molecule has 5 nitrogen and oxygen atoms in total. The van der Waals surface area contributed by atoms with Crippen molar-refractivity contribution in [3.63, 3.8) is 0 Å². The molecule has 6 aromatic carbocycles. The fraction of sp³-hybridized carbons (Fsp3) is 0.120. The van der Waals surface area contributed by atoms with Crippen LogP contribution in [-0.4, -0.2) is 19.9 Å². The average Bonchev–Trinajstić information content (AvgIpc) is 3.51. The number of para-hydroxylation sites is 1. The highest BCUT2D eigenvalue weighted by molar-refractivity contribution is 5.89. The molecule has 0 N–H and O–H groups in total. The second-order valence-corrected chi connectivity index (χ2v) is 15.5. The smallest absolute Gasteiger partial charge is 0.164 e. The van der Waals surface area contributed by atoms with Crippen molar-refractivity contribution in [1.82, 2.24) is 19.9 Å². The molecule has 0 fully saturated rings. The number of nitrogens with zero attached hydrogens (tertiary/aromatic N) is 4. The molecule has 0 amide bonds. The fourth-order valence-electron chi connectivity index (χ4n) is 8.43. The second kappa shape index (κ2) is 12.4. The molecule has 0 bridgehead atoms. The molecule has 1 aliphatic heterocycles. The van der Waals surface area contributed by atoms with E-state index in [1.807, 2.05) is 36.4 Å². The lowest BCUT2D eigenvalue weighted by molar-refractivity contribution is 0.436. The molecular formula is C50H38N4O. The number of fused-ring (bicyclic) bond motifs is 9. The molecule has 0 atom stereocenters. The highest BCUT2D eigenvalue weighted by atomic mass is 16.5. The summed E-state index contributed by atoms with van der Waals surface area (Å²) in [6.07, 6.45) is 0. The van der Waals surface area contributed by atoms with Crippen LogP contribution in [0.25, 0.3) is 56.4 Å². The summed E-state index contributed by atoms with van der Waals surface area (Å²) in [5.41, 5.74) is 13.6. The van der Waals surface area contributed by atoms with E-state index in [1.165, 1.54) is 22.3 Å². The van der Waals surface area contributed by atoms with Crippen LogP contribution in [-0.2, 0) is 10.8 Å². The number of aryl methyl sites for hydroxylation is 1. The fourth-order valence-corrected chi connectivity index (χ4v) is 8.43. The highest BCUT2D eigenvalue weighted by Crippen LogP contribution is 2.62. The molecule has 264 valence electrons. The third-order valence-electron chi connectivity index (χ3n) is 11.1. The summed E-state index contributed by atoms with van der Waals surface area (Å²) < 4.78 is 6.69. The minimum absolute atomic E-state index is 0.0117. The van der Waals surface area contributed by atoms with Crippen molar-refractivity contribution in [1.29, 1.82) is 0 Å². The lowest BCUT2D eigenvalue weighted by Crippen LogP contribution is -2.32. The van der Waals surface area contributed by atoms with Gasteiger partial charge < -0.3 is 4.74 Å². The van der Waals surface area contributed by atoms with Gasteiger partial charge in [0.05, 0.1) is 5.41 Å². The van der Waals surface area contributed by atoms with Crippen LogP contribution in [0.1, 0.15) is 54.4 Å². The predicted octanol–water partition coefficient (Wildman–Crippen LogP) is 12.0. The summed E-state index contributed by atoms with van der Waals surface area (Å²) in [5, 5.41) is 0. The van der Waals surface area contributed by atoms with E-state index in [9.17, 15) is 0 Å². The van der Waals surface area contributed by atoms with Gasteiger partial charge >= 0.3 is 0 Å². The van der Waals surface area contributed by atoms with E-state index in [2.05, 4.69) is 149 Å². The van der Waals surface area contributed by atoms with E-state index in [0.717, 1.165) is 61.8 Å². The summed E-state index contributed by atoms with van der Waals surface area (Å²) >= 11 is 0. The Kier molecular flexibility index (Phi) is 7.43. The Labute approximate surface area is 321 Å². The third kappa shape index (κ3) is 5.22. The minimum atomic E-state index is -0.584. The first kappa shape index (κ1) is 32.9. The van der Waals surface area contributed by atoms with Crippen molar-refractivity contribution in [2.45, 2.75) is 38.5 Å². The number of ether oxygens (including phenoxy) is 1. The Bertz CT molecular complexity index is 2740. The monoisotopic (exact) mass is 710 g/mol. The molecule has 5 heteroatoms. The minimum Gasteiger partial charge on any atom is -0.457 e. The molecule has 3 heterocycles. The van der Waals surface area contributed by atoms with E-state index in [1.54, 1.807) is 0 Å². The average molecular weight is 711 g/mol. The first-order chi connectivity index (χ1) is 26.8. The number of benzene rings is 6. The first-order valence-electron chi connectivity index (χ1n) is 18.8. The maximum atomic E-state index is 6.69. The Balaban J connectivity index is 1.14. The molecule has 2 aliphatic rings. The molecule has 8 aromatic rings. The van der Waals surface area contributed by atoms with Crippen molar-refractivity contribution in [2.24, 2.45) is 0 Å². The van der Waals surface area contributed by atoms with Gasteiger partial charge in [-0.15, -0.1) is 0 Å². The summed E-state index contributed by atoms with van der Waals surface area (Å²) in [6, 6.07) is 55.3. The zero-order chi connectivity index (χ0) is 37.3. The van der Waals surface area contributed by atoms with Gasteiger partial charge in [0.2, 0.25) is 0 Å². The van der Waals surface area contributed by atoms with Crippen LogP contribution in [0.15, 0.2) is 158 Å². The van der Waals surface area contributed by atoms with E-state index >= 15 is 0 Å². The Morgan fingerprint density at radius 1 is 0.418 bits per heavy atom. The maximum absolute atomic E-state index is 6.69. The molecule has 0 unspecified atom stereocenters. The molecule has 2 aromatic heterocycles. The quantitative estimate of drug-likeness (QED) is 0.182. The van der Waals surface area contributed by atoms with Crippen LogP contribution >= 0.6 is 0 Å². The van der Waals surface area contributed by atoms with Crippen molar-refractivity contribution in [3.05, 3.63) is 191 Å². The number of hydrogen-bond acceptors (Lipinski definition) is 5. The normalized spacial score (nSPS) is 13.4. The van der Waals surface area contributed by atoms with E-state index in [4.69, 9.17) is 24.7 Å². The van der Waals surface area contributed by atoms with Crippen LogP contribution in [0, 0.1) is 6.92 Å². The maximum Gasteiger partial charge on any atom is 0.164 e. The molecule has 0 saturated carbocycles. The standard InChI is InChI=1S/C50H38N4O/c1-31-36(27-29-45(51-31)49(2,3)4)32-22-24-34(25-23-32)47-52-46(33-14-6-5-7-15-33)53-48(54-47)35-26-28-44-42(30-35)50(41-20-12-13-21-43(41)55-44)39-18-10-8-16-37(39)38-17-9-11-19-40(38)50/h5-30H,1-4H3. The zero-order valence-electron chi connectivity index (χ0n) is 31.2. The van der Waals surface area contributed by atoms with Gasteiger partial charge in [0.15, 0.2) is 17.5 Å².